The van der Waals surface area contributed by atoms with E-state index < -0.39 is 0 Å². The molecule has 1 fully saturated rings. The van der Waals surface area contributed by atoms with E-state index in [4.69, 9.17) is 27.6 Å². The molecule has 2 aromatic heterocycles. The van der Waals surface area contributed by atoms with E-state index in [2.05, 4.69) is 20.1 Å². The van der Waals surface area contributed by atoms with Gasteiger partial charge >= 0.3 is 0 Å². The summed E-state index contributed by atoms with van der Waals surface area (Å²) >= 11 is 13.3. The van der Waals surface area contributed by atoms with Gasteiger partial charge in [0.25, 0.3) is 5.22 Å². The molecule has 4 rings (SSSR count). The highest BCUT2D eigenvalue weighted by atomic mass is 35.5. The van der Waals surface area contributed by atoms with Crippen molar-refractivity contribution in [3.63, 3.8) is 0 Å². The SMILES string of the molecule is O=C(CSc1nnc(-c2ccc(Cl)cc2)o1)N1CCN(c2ncccc2Cl)CC1. The van der Waals surface area contributed by atoms with Gasteiger partial charge < -0.3 is 14.2 Å². The number of aromatic nitrogens is 3. The number of benzene rings is 1. The van der Waals surface area contributed by atoms with Crippen LogP contribution in [-0.2, 0) is 4.79 Å². The normalized spacial score (nSPS) is 14.3. The number of carbonyl (C=O) groups is 1. The van der Waals surface area contributed by atoms with Crippen LogP contribution in [0.5, 0.6) is 0 Å². The lowest BCUT2D eigenvalue weighted by atomic mass is 10.2. The molecule has 0 N–H and O–H groups in total. The Bertz CT molecular complexity index is 990. The van der Waals surface area contributed by atoms with Crippen molar-refractivity contribution in [2.24, 2.45) is 0 Å². The molecule has 0 aliphatic carbocycles. The molecular formula is C19H17Cl2N5O2S. The first-order valence-electron chi connectivity index (χ1n) is 8.95. The average molecular weight is 450 g/mol. The van der Waals surface area contributed by atoms with Gasteiger partial charge in [-0.15, -0.1) is 10.2 Å². The number of carbonyl (C=O) groups excluding carboxylic acids is 1. The fraction of sp³-hybridized carbons (Fsp3) is 0.263. The second kappa shape index (κ2) is 9.02. The van der Waals surface area contributed by atoms with Gasteiger partial charge in [0, 0.05) is 43.0 Å². The van der Waals surface area contributed by atoms with Gasteiger partial charge in [0.2, 0.25) is 11.8 Å². The predicted molar refractivity (Wildman–Crippen MR) is 114 cm³/mol. The Kier molecular flexibility index (Phi) is 6.22. The molecule has 0 saturated carbocycles. The minimum Gasteiger partial charge on any atom is -0.411 e. The lowest BCUT2D eigenvalue weighted by molar-refractivity contribution is -0.128. The van der Waals surface area contributed by atoms with Crippen LogP contribution in [0.2, 0.25) is 10.0 Å². The number of nitrogens with zero attached hydrogens (tertiary/aromatic N) is 5. The van der Waals surface area contributed by atoms with Crippen LogP contribution in [0.15, 0.2) is 52.2 Å². The minimum atomic E-state index is 0.0352. The van der Waals surface area contributed by atoms with Crippen molar-refractivity contribution in [1.29, 1.82) is 0 Å². The van der Waals surface area contributed by atoms with Crippen molar-refractivity contribution in [3.8, 4) is 11.5 Å². The molecular weight excluding hydrogens is 433 g/mol. The minimum absolute atomic E-state index is 0.0352. The van der Waals surface area contributed by atoms with Crippen LogP contribution in [-0.4, -0.2) is 57.9 Å². The molecule has 0 bridgehead atoms. The van der Waals surface area contributed by atoms with E-state index in [0.717, 1.165) is 11.4 Å². The number of anilines is 1. The van der Waals surface area contributed by atoms with Gasteiger partial charge in [-0.2, -0.15) is 0 Å². The highest BCUT2D eigenvalue weighted by molar-refractivity contribution is 7.99. The van der Waals surface area contributed by atoms with Gasteiger partial charge in [-0.25, -0.2) is 4.98 Å². The Hall–Kier alpha value is -2.29. The van der Waals surface area contributed by atoms with Gasteiger partial charge in [0.1, 0.15) is 5.82 Å². The molecule has 1 aliphatic heterocycles. The second-order valence-corrected chi connectivity index (χ2v) is 8.12. The summed E-state index contributed by atoms with van der Waals surface area (Å²) in [6.07, 6.45) is 1.72. The van der Waals surface area contributed by atoms with E-state index in [1.165, 1.54) is 11.8 Å². The largest absolute Gasteiger partial charge is 0.411 e. The number of halogens is 2. The van der Waals surface area contributed by atoms with E-state index in [-0.39, 0.29) is 11.7 Å². The smallest absolute Gasteiger partial charge is 0.277 e. The van der Waals surface area contributed by atoms with E-state index in [9.17, 15) is 4.79 Å². The van der Waals surface area contributed by atoms with Crippen molar-refractivity contribution in [2.75, 3.05) is 36.8 Å². The van der Waals surface area contributed by atoms with Crippen LogP contribution in [0.4, 0.5) is 5.82 Å². The summed E-state index contributed by atoms with van der Waals surface area (Å²) in [5.41, 5.74) is 0.782. The molecule has 29 heavy (non-hydrogen) atoms. The third-order valence-corrected chi connectivity index (χ3v) is 5.84. The molecule has 150 valence electrons. The Morgan fingerprint density at radius 1 is 1.07 bits per heavy atom. The number of thioether (sulfide) groups is 1. The maximum absolute atomic E-state index is 12.5. The molecule has 3 heterocycles. The van der Waals surface area contributed by atoms with Crippen LogP contribution in [0.3, 0.4) is 0 Å². The topological polar surface area (TPSA) is 75.4 Å². The van der Waals surface area contributed by atoms with Gasteiger partial charge in [-0.05, 0) is 36.4 Å². The number of pyridine rings is 1. The average Bonchev–Trinajstić information content (AvgIpc) is 3.22. The van der Waals surface area contributed by atoms with E-state index >= 15 is 0 Å². The Labute approximate surface area is 182 Å². The second-order valence-electron chi connectivity index (χ2n) is 6.35. The third kappa shape index (κ3) is 4.83. The highest BCUT2D eigenvalue weighted by Gasteiger charge is 2.23. The molecule has 1 aromatic carbocycles. The first-order valence-corrected chi connectivity index (χ1v) is 10.7. The van der Waals surface area contributed by atoms with Gasteiger partial charge in [0.15, 0.2) is 0 Å². The third-order valence-electron chi connectivity index (χ3n) is 4.49. The summed E-state index contributed by atoms with van der Waals surface area (Å²) in [5, 5.41) is 9.65. The fourth-order valence-electron chi connectivity index (χ4n) is 2.97. The van der Waals surface area contributed by atoms with Crippen molar-refractivity contribution < 1.29 is 9.21 Å². The van der Waals surface area contributed by atoms with Crippen LogP contribution in [0.25, 0.3) is 11.5 Å². The standard InChI is InChI=1S/C19H17Cl2N5O2S/c20-14-5-3-13(4-6-14)18-23-24-19(28-18)29-12-16(27)25-8-10-26(11-9-25)17-15(21)2-1-7-22-17/h1-7H,8-12H2. The zero-order valence-corrected chi connectivity index (χ0v) is 17.6. The van der Waals surface area contributed by atoms with Gasteiger partial charge in [0.05, 0.1) is 10.8 Å². The quantitative estimate of drug-likeness (QED) is 0.546. The molecule has 0 spiro atoms. The molecule has 0 atom stereocenters. The molecule has 1 saturated heterocycles. The number of hydrogen-bond acceptors (Lipinski definition) is 7. The van der Waals surface area contributed by atoms with Crippen molar-refractivity contribution >= 4 is 46.7 Å². The first-order chi connectivity index (χ1) is 14.1. The van der Waals surface area contributed by atoms with Crippen LogP contribution >= 0.6 is 35.0 Å². The zero-order valence-electron chi connectivity index (χ0n) is 15.3. The summed E-state index contributed by atoms with van der Waals surface area (Å²) in [7, 11) is 0. The Morgan fingerprint density at radius 2 is 1.83 bits per heavy atom. The van der Waals surface area contributed by atoms with E-state index in [0.29, 0.717) is 47.3 Å². The molecule has 1 aliphatic rings. The van der Waals surface area contributed by atoms with Crippen LogP contribution in [0, 0.1) is 0 Å². The van der Waals surface area contributed by atoms with Crippen LogP contribution < -0.4 is 4.90 Å². The Balaban J connectivity index is 1.29. The van der Waals surface area contributed by atoms with E-state index in [1.807, 2.05) is 23.1 Å². The van der Waals surface area contributed by atoms with Crippen LogP contribution in [0.1, 0.15) is 0 Å². The molecule has 1 amide bonds. The number of hydrogen-bond donors (Lipinski definition) is 0. The maximum Gasteiger partial charge on any atom is 0.277 e. The summed E-state index contributed by atoms with van der Waals surface area (Å²) in [4.78, 5) is 20.8. The van der Waals surface area contributed by atoms with Crippen molar-refractivity contribution in [1.82, 2.24) is 20.1 Å². The molecule has 7 nitrogen and oxygen atoms in total. The van der Waals surface area contributed by atoms with Crippen molar-refractivity contribution in [2.45, 2.75) is 5.22 Å². The maximum atomic E-state index is 12.5. The number of amides is 1. The molecule has 3 aromatic rings. The predicted octanol–water partition coefficient (Wildman–Crippen LogP) is 3.88. The summed E-state index contributed by atoms with van der Waals surface area (Å²) in [6.45, 7) is 2.61. The number of piperazine rings is 1. The Morgan fingerprint density at radius 3 is 2.55 bits per heavy atom. The molecule has 10 heteroatoms. The number of rotatable bonds is 5. The van der Waals surface area contributed by atoms with E-state index in [1.54, 1.807) is 24.4 Å². The lowest BCUT2D eigenvalue weighted by Crippen LogP contribution is -2.49. The van der Waals surface area contributed by atoms with Gasteiger partial charge in [-0.3, -0.25) is 4.79 Å². The summed E-state index contributed by atoms with van der Waals surface area (Å²) < 4.78 is 5.63. The highest BCUT2D eigenvalue weighted by Crippen LogP contribution is 2.26. The lowest BCUT2D eigenvalue weighted by Gasteiger charge is -2.35. The molecule has 0 unspecified atom stereocenters. The van der Waals surface area contributed by atoms with Gasteiger partial charge in [-0.1, -0.05) is 35.0 Å². The monoisotopic (exact) mass is 449 g/mol. The first kappa shape index (κ1) is 20.0. The summed E-state index contributed by atoms with van der Waals surface area (Å²) in [5.74, 6) is 1.44. The molecule has 0 radical (unpaired) electrons. The zero-order chi connectivity index (χ0) is 20.2. The fourth-order valence-corrected chi connectivity index (χ4v) is 4.00. The van der Waals surface area contributed by atoms with Crippen molar-refractivity contribution in [3.05, 3.63) is 52.6 Å². The summed E-state index contributed by atoms with van der Waals surface area (Å²) in [6, 6.07) is 10.8.